The minimum Gasteiger partial charge on any atom is -0.456 e. The summed E-state index contributed by atoms with van der Waals surface area (Å²) in [7, 11) is 2.07. The van der Waals surface area contributed by atoms with Crippen LogP contribution in [0, 0.1) is 0 Å². The van der Waals surface area contributed by atoms with Crippen molar-refractivity contribution in [3.63, 3.8) is 0 Å². The van der Waals surface area contributed by atoms with Gasteiger partial charge in [-0.1, -0.05) is 72.8 Å². The third-order valence-corrected chi connectivity index (χ3v) is 5.12. The summed E-state index contributed by atoms with van der Waals surface area (Å²) in [5, 5.41) is 0. The molecule has 3 aromatic carbocycles. The van der Waals surface area contributed by atoms with Gasteiger partial charge in [-0.25, -0.2) is 4.58 Å². The topological polar surface area (TPSA) is 12.2 Å². The fourth-order valence-electron chi connectivity index (χ4n) is 3.71. The number of hydrogen-bond acceptors (Lipinski definition) is 1. The number of nitrogens with zero attached hydrogens (tertiary/aromatic N) is 1. The summed E-state index contributed by atoms with van der Waals surface area (Å²) in [6.07, 6.45) is 6.41. The Hall–Kier alpha value is -3.65. The van der Waals surface area contributed by atoms with Crippen LogP contribution in [0.25, 0.3) is 16.9 Å². The van der Waals surface area contributed by atoms with E-state index in [1.165, 1.54) is 16.8 Å². The van der Waals surface area contributed by atoms with E-state index < -0.39 is 0 Å². The van der Waals surface area contributed by atoms with Crippen LogP contribution < -0.4 is 0 Å². The van der Waals surface area contributed by atoms with Crippen LogP contribution >= 0.6 is 0 Å². The normalized spacial score (nSPS) is 18.0. The fourth-order valence-corrected chi connectivity index (χ4v) is 3.71. The summed E-state index contributed by atoms with van der Waals surface area (Å²) in [6, 6.07) is 29.2. The first-order valence-corrected chi connectivity index (χ1v) is 9.43. The number of ether oxygens (including phenoxy) is 1. The van der Waals surface area contributed by atoms with Crippen LogP contribution in [0.5, 0.6) is 0 Å². The first-order valence-electron chi connectivity index (χ1n) is 9.43. The third kappa shape index (κ3) is 2.89. The molecule has 0 atom stereocenters. The summed E-state index contributed by atoms with van der Waals surface area (Å²) < 4.78 is 8.57. The van der Waals surface area contributed by atoms with Gasteiger partial charge in [-0.15, -0.1) is 0 Å². The van der Waals surface area contributed by atoms with E-state index in [0.29, 0.717) is 0 Å². The van der Waals surface area contributed by atoms with Crippen LogP contribution in [0.4, 0.5) is 5.69 Å². The van der Waals surface area contributed by atoms with Gasteiger partial charge in [0.25, 0.3) is 0 Å². The maximum Gasteiger partial charge on any atom is 0.213 e. The monoisotopic (exact) mass is 362 g/mol. The van der Waals surface area contributed by atoms with Crippen molar-refractivity contribution >= 4 is 28.8 Å². The van der Waals surface area contributed by atoms with Crippen LogP contribution in [0.2, 0.25) is 0 Å². The van der Waals surface area contributed by atoms with Crippen molar-refractivity contribution in [2.75, 3.05) is 7.05 Å². The van der Waals surface area contributed by atoms with Crippen LogP contribution in [0.15, 0.2) is 103 Å². The maximum absolute atomic E-state index is 6.42. The quantitative estimate of drug-likeness (QED) is 0.516. The van der Waals surface area contributed by atoms with Crippen molar-refractivity contribution in [1.82, 2.24) is 0 Å². The van der Waals surface area contributed by atoms with E-state index in [1.807, 2.05) is 24.3 Å². The van der Waals surface area contributed by atoms with Crippen LogP contribution in [-0.2, 0) is 4.74 Å². The van der Waals surface area contributed by atoms with E-state index in [4.69, 9.17) is 4.74 Å². The number of allylic oxidation sites excluding steroid dienone is 4. The average molecular weight is 362 g/mol. The molecule has 0 aliphatic carbocycles. The Bertz CT molecular complexity index is 1170. The summed E-state index contributed by atoms with van der Waals surface area (Å²) in [5.41, 5.74) is 6.89. The van der Waals surface area contributed by atoms with Crippen molar-refractivity contribution in [2.45, 2.75) is 0 Å². The highest BCUT2D eigenvalue weighted by atomic mass is 16.5. The Balaban J connectivity index is 1.70. The lowest BCUT2D eigenvalue weighted by atomic mass is 9.98. The van der Waals surface area contributed by atoms with Gasteiger partial charge < -0.3 is 4.74 Å². The number of benzene rings is 3. The zero-order valence-corrected chi connectivity index (χ0v) is 15.7. The molecule has 0 spiro atoms. The number of hydrogen-bond donors (Lipinski definition) is 0. The number of rotatable bonds is 2. The molecular weight excluding hydrogens is 342 g/mol. The summed E-state index contributed by atoms with van der Waals surface area (Å²) in [5.74, 6) is 1.74. The molecule has 0 amide bonds. The van der Waals surface area contributed by atoms with Gasteiger partial charge >= 0.3 is 0 Å². The smallest absolute Gasteiger partial charge is 0.213 e. The van der Waals surface area contributed by atoms with Crippen molar-refractivity contribution in [3.8, 4) is 0 Å². The molecule has 0 aromatic heterocycles. The van der Waals surface area contributed by atoms with Crippen LogP contribution in [0.3, 0.4) is 0 Å². The Morgan fingerprint density at radius 3 is 2.07 bits per heavy atom. The SMILES string of the molecule is C[N+]1=CC(=C2C=C(c3ccccc3)C=C(c3ccccc3)O2)c2ccccc21. The second kappa shape index (κ2) is 6.82. The first kappa shape index (κ1) is 16.5. The molecule has 0 fully saturated rings. The van der Waals surface area contributed by atoms with Crippen LogP contribution in [-0.4, -0.2) is 17.8 Å². The Morgan fingerprint density at radius 1 is 0.679 bits per heavy atom. The molecule has 3 aromatic rings. The van der Waals surface area contributed by atoms with Gasteiger partial charge in [0.1, 0.15) is 18.6 Å². The van der Waals surface area contributed by atoms with Gasteiger partial charge in [0, 0.05) is 11.6 Å². The lowest BCUT2D eigenvalue weighted by molar-refractivity contribution is -0.395. The molecule has 0 bridgehead atoms. The summed E-state index contributed by atoms with van der Waals surface area (Å²) in [6.45, 7) is 0. The van der Waals surface area contributed by atoms with Gasteiger partial charge in [-0.3, -0.25) is 0 Å². The fraction of sp³-hybridized carbons (Fsp3) is 0.0385. The molecular formula is C26H20NO+. The van der Waals surface area contributed by atoms with Gasteiger partial charge in [-0.2, -0.15) is 0 Å². The molecule has 0 saturated heterocycles. The summed E-state index contributed by atoms with van der Waals surface area (Å²) >= 11 is 0. The van der Waals surface area contributed by atoms with Crippen molar-refractivity contribution in [2.24, 2.45) is 0 Å². The predicted molar refractivity (Wildman–Crippen MR) is 115 cm³/mol. The zero-order valence-electron chi connectivity index (χ0n) is 15.7. The Labute approximate surface area is 165 Å². The molecule has 2 aliphatic rings. The van der Waals surface area contributed by atoms with Crippen molar-refractivity contribution in [3.05, 3.63) is 120 Å². The van der Waals surface area contributed by atoms with Gasteiger partial charge in [-0.05, 0) is 29.4 Å². The minimum absolute atomic E-state index is 0.866. The largest absolute Gasteiger partial charge is 0.456 e. The van der Waals surface area contributed by atoms with Gasteiger partial charge in [0.2, 0.25) is 5.69 Å². The van der Waals surface area contributed by atoms with E-state index in [2.05, 4.69) is 90.7 Å². The van der Waals surface area contributed by atoms with E-state index in [-0.39, 0.29) is 0 Å². The van der Waals surface area contributed by atoms with E-state index in [1.54, 1.807) is 0 Å². The number of para-hydroxylation sites is 1. The van der Waals surface area contributed by atoms with E-state index in [0.717, 1.165) is 28.2 Å². The molecule has 0 radical (unpaired) electrons. The highest BCUT2D eigenvalue weighted by Gasteiger charge is 2.28. The molecule has 0 saturated carbocycles. The van der Waals surface area contributed by atoms with Gasteiger partial charge in [0.05, 0.1) is 11.1 Å². The Morgan fingerprint density at radius 2 is 1.32 bits per heavy atom. The standard InChI is InChI=1S/C26H20NO/c1-27-18-23(22-14-8-9-15-24(22)27)26-17-21(19-10-4-2-5-11-19)16-25(28-26)20-12-6-3-7-13-20/h2-18H,1H3/q+1. The summed E-state index contributed by atoms with van der Waals surface area (Å²) in [4.78, 5) is 0. The second-order valence-corrected chi connectivity index (χ2v) is 6.98. The van der Waals surface area contributed by atoms with Crippen LogP contribution in [0.1, 0.15) is 16.7 Å². The molecule has 2 aliphatic heterocycles. The molecule has 2 nitrogen and oxygen atoms in total. The lowest BCUT2D eigenvalue weighted by Gasteiger charge is -2.19. The highest BCUT2D eigenvalue weighted by molar-refractivity contribution is 6.14. The lowest BCUT2D eigenvalue weighted by Crippen LogP contribution is -2.02. The molecule has 2 heteroatoms. The number of fused-ring (bicyclic) bond motifs is 1. The molecule has 134 valence electrons. The van der Waals surface area contributed by atoms with E-state index >= 15 is 0 Å². The highest BCUT2D eigenvalue weighted by Crippen LogP contribution is 2.38. The molecule has 28 heavy (non-hydrogen) atoms. The van der Waals surface area contributed by atoms with E-state index in [9.17, 15) is 0 Å². The molecule has 5 rings (SSSR count). The molecule has 0 N–H and O–H groups in total. The van der Waals surface area contributed by atoms with Gasteiger partial charge in [0.15, 0.2) is 6.21 Å². The second-order valence-electron chi connectivity index (χ2n) is 6.98. The first-order chi connectivity index (χ1) is 13.8. The third-order valence-electron chi connectivity index (χ3n) is 5.12. The van der Waals surface area contributed by atoms with Crippen molar-refractivity contribution < 1.29 is 9.31 Å². The molecule has 0 unspecified atom stereocenters. The predicted octanol–water partition coefficient (Wildman–Crippen LogP) is 5.91. The zero-order chi connectivity index (χ0) is 18.9. The Kier molecular flexibility index (Phi) is 4.02. The average Bonchev–Trinajstić information content (AvgIpc) is 3.12. The molecule has 2 heterocycles. The maximum atomic E-state index is 6.42. The minimum atomic E-state index is 0.866. The van der Waals surface area contributed by atoms with Crippen molar-refractivity contribution in [1.29, 1.82) is 0 Å².